The van der Waals surface area contributed by atoms with Crippen molar-refractivity contribution in [2.45, 2.75) is 63.9 Å². The van der Waals surface area contributed by atoms with Crippen LogP contribution in [-0.4, -0.2) is 17.4 Å². The summed E-state index contributed by atoms with van der Waals surface area (Å²) < 4.78 is 5.96. The van der Waals surface area contributed by atoms with Crippen LogP contribution in [0.2, 0.25) is 0 Å². The van der Waals surface area contributed by atoms with Crippen molar-refractivity contribution >= 4 is 11.8 Å². The molecule has 6 atom stereocenters. The van der Waals surface area contributed by atoms with Crippen LogP contribution in [0.5, 0.6) is 0 Å². The number of ketones is 1. The molecular weight excluding hydrogens is 300 g/mol. The molecule has 0 aromatic carbocycles. The highest BCUT2D eigenvalue weighted by atomic mass is 16.6. The van der Waals surface area contributed by atoms with E-state index in [4.69, 9.17) is 4.74 Å². The Bertz CT molecular complexity index is 675. The van der Waals surface area contributed by atoms with Gasteiger partial charge in [-0.1, -0.05) is 19.1 Å². The molecule has 3 nitrogen and oxygen atoms in total. The maximum atomic E-state index is 11.8. The number of hydrogen-bond acceptors (Lipinski definition) is 3. The van der Waals surface area contributed by atoms with Gasteiger partial charge in [0.1, 0.15) is 5.60 Å². The molecule has 1 saturated heterocycles. The van der Waals surface area contributed by atoms with Crippen LogP contribution in [0.25, 0.3) is 0 Å². The predicted molar refractivity (Wildman–Crippen MR) is 90.1 cm³/mol. The maximum Gasteiger partial charge on any atom is 0.306 e. The van der Waals surface area contributed by atoms with Crippen LogP contribution < -0.4 is 0 Å². The molecule has 3 fully saturated rings. The normalized spacial score (nSPS) is 49.5. The number of carbonyl (C=O) groups is 2. The Balaban J connectivity index is 1.50. The van der Waals surface area contributed by atoms with Crippen LogP contribution >= 0.6 is 0 Å². The zero-order valence-electron chi connectivity index (χ0n) is 14.4. The molecule has 0 amide bonds. The number of allylic oxidation sites excluding steroid dienone is 4. The summed E-state index contributed by atoms with van der Waals surface area (Å²) in [5.74, 6) is 2.77. The van der Waals surface area contributed by atoms with Crippen LogP contribution in [0.15, 0.2) is 23.8 Å². The molecular formula is C21H26O3. The molecule has 0 aromatic heterocycles. The van der Waals surface area contributed by atoms with Gasteiger partial charge in [-0.2, -0.15) is 0 Å². The summed E-state index contributed by atoms with van der Waals surface area (Å²) in [5, 5.41) is 0. The summed E-state index contributed by atoms with van der Waals surface area (Å²) in [4.78, 5) is 23.6. The Morgan fingerprint density at radius 1 is 1.08 bits per heavy atom. The average molecular weight is 326 g/mol. The van der Waals surface area contributed by atoms with E-state index < -0.39 is 0 Å². The molecule has 1 spiro atoms. The van der Waals surface area contributed by atoms with E-state index in [0.717, 1.165) is 25.7 Å². The molecule has 0 N–H and O–H groups in total. The van der Waals surface area contributed by atoms with E-state index in [9.17, 15) is 9.59 Å². The van der Waals surface area contributed by atoms with Crippen molar-refractivity contribution in [2.75, 3.05) is 0 Å². The predicted octanol–water partition coefficient (Wildman–Crippen LogP) is 3.98. The summed E-state index contributed by atoms with van der Waals surface area (Å²) >= 11 is 0. The third kappa shape index (κ3) is 1.79. The monoisotopic (exact) mass is 326 g/mol. The van der Waals surface area contributed by atoms with Crippen molar-refractivity contribution in [2.24, 2.45) is 29.1 Å². The zero-order chi connectivity index (χ0) is 16.5. The Labute approximate surface area is 143 Å². The molecule has 2 saturated carbocycles. The minimum absolute atomic E-state index is 0.00852. The number of fused-ring (bicyclic) bond motifs is 6. The van der Waals surface area contributed by atoms with Gasteiger partial charge in [0.05, 0.1) is 0 Å². The fraction of sp³-hybridized carbons (Fsp3) is 0.714. The van der Waals surface area contributed by atoms with Crippen molar-refractivity contribution in [1.82, 2.24) is 0 Å². The molecule has 3 heteroatoms. The van der Waals surface area contributed by atoms with Crippen molar-refractivity contribution in [3.8, 4) is 0 Å². The van der Waals surface area contributed by atoms with Gasteiger partial charge >= 0.3 is 5.97 Å². The first kappa shape index (κ1) is 14.9. The smallest absolute Gasteiger partial charge is 0.306 e. The molecule has 5 rings (SSSR count). The lowest BCUT2D eigenvalue weighted by molar-refractivity contribution is -0.164. The molecule has 0 aromatic rings. The van der Waals surface area contributed by atoms with Crippen LogP contribution in [0.1, 0.15) is 58.3 Å². The van der Waals surface area contributed by atoms with Gasteiger partial charge in [-0.15, -0.1) is 0 Å². The number of esters is 1. The van der Waals surface area contributed by atoms with Gasteiger partial charge in [-0.25, -0.2) is 0 Å². The van der Waals surface area contributed by atoms with Gasteiger partial charge in [0, 0.05) is 18.3 Å². The van der Waals surface area contributed by atoms with Gasteiger partial charge in [0.2, 0.25) is 0 Å². The first-order valence-electron chi connectivity index (χ1n) is 9.67. The molecule has 1 aliphatic heterocycles. The van der Waals surface area contributed by atoms with E-state index in [2.05, 4.69) is 19.1 Å². The maximum absolute atomic E-state index is 11.8. The van der Waals surface area contributed by atoms with E-state index in [1.807, 2.05) is 6.08 Å². The van der Waals surface area contributed by atoms with Gasteiger partial charge in [0.15, 0.2) is 5.78 Å². The molecule has 0 bridgehead atoms. The Kier molecular flexibility index (Phi) is 3.00. The standard InChI is InChI=1S/C21H26O3/c1-20-9-6-16-15-5-3-14(22)12-13(15)2-4-17(16)18(20)7-10-21(20)11-8-19(23)24-21/h2,4,12,15-18H,3,5-11H2,1H3/t15-,16+,17+,18-,20-,21+/m0/s1. The van der Waals surface area contributed by atoms with Crippen LogP contribution in [0.3, 0.4) is 0 Å². The average Bonchev–Trinajstić information content (AvgIpc) is 3.08. The number of rotatable bonds is 0. The summed E-state index contributed by atoms with van der Waals surface area (Å²) in [6.07, 6.45) is 14.4. The van der Waals surface area contributed by atoms with Crippen LogP contribution in [0, 0.1) is 29.1 Å². The summed E-state index contributed by atoms with van der Waals surface area (Å²) in [5.41, 5.74) is 1.22. The third-order valence-electron chi connectivity index (χ3n) is 8.20. The molecule has 5 aliphatic rings. The number of hydrogen-bond donors (Lipinski definition) is 0. The number of carbonyl (C=O) groups excluding carboxylic acids is 2. The minimum Gasteiger partial charge on any atom is -0.458 e. The number of ether oxygens (including phenoxy) is 1. The largest absolute Gasteiger partial charge is 0.458 e. The summed E-state index contributed by atoms with van der Waals surface area (Å²) in [6, 6.07) is 0. The van der Waals surface area contributed by atoms with E-state index in [1.54, 1.807) is 0 Å². The van der Waals surface area contributed by atoms with Gasteiger partial charge in [0.25, 0.3) is 0 Å². The molecule has 4 aliphatic carbocycles. The first-order chi connectivity index (χ1) is 11.5. The summed E-state index contributed by atoms with van der Waals surface area (Å²) in [7, 11) is 0. The Hall–Kier alpha value is -1.38. The lowest BCUT2D eigenvalue weighted by atomic mass is 9.52. The van der Waals surface area contributed by atoms with Crippen LogP contribution in [-0.2, 0) is 14.3 Å². The minimum atomic E-state index is -0.188. The van der Waals surface area contributed by atoms with Crippen LogP contribution in [0.4, 0.5) is 0 Å². The quantitative estimate of drug-likeness (QED) is 0.632. The van der Waals surface area contributed by atoms with E-state index >= 15 is 0 Å². The van der Waals surface area contributed by atoms with Gasteiger partial charge in [-0.3, -0.25) is 9.59 Å². The highest BCUT2D eigenvalue weighted by Gasteiger charge is 2.65. The molecule has 1 heterocycles. The van der Waals surface area contributed by atoms with E-state index in [-0.39, 0.29) is 17.0 Å². The second-order valence-corrected chi connectivity index (χ2v) is 8.93. The fourth-order valence-corrected chi connectivity index (χ4v) is 6.95. The van der Waals surface area contributed by atoms with Gasteiger partial charge in [-0.05, 0) is 73.8 Å². The fourth-order valence-electron chi connectivity index (χ4n) is 6.95. The second-order valence-electron chi connectivity index (χ2n) is 8.93. The molecule has 0 radical (unpaired) electrons. The van der Waals surface area contributed by atoms with Crippen molar-refractivity contribution in [1.29, 1.82) is 0 Å². The highest BCUT2D eigenvalue weighted by Crippen LogP contribution is 2.66. The summed E-state index contributed by atoms with van der Waals surface area (Å²) in [6.45, 7) is 2.39. The second kappa shape index (κ2) is 4.83. The zero-order valence-corrected chi connectivity index (χ0v) is 14.4. The highest BCUT2D eigenvalue weighted by molar-refractivity contribution is 5.91. The first-order valence-corrected chi connectivity index (χ1v) is 9.67. The molecule has 128 valence electrons. The third-order valence-corrected chi connectivity index (χ3v) is 8.20. The van der Waals surface area contributed by atoms with Gasteiger partial charge < -0.3 is 4.74 Å². The van der Waals surface area contributed by atoms with Crippen molar-refractivity contribution in [3.63, 3.8) is 0 Å². The lowest BCUT2D eigenvalue weighted by Gasteiger charge is -2.54. The lowest BCUT2D eigenvalue weighted by Crippen LogP contribution is -2.51. The van der Waals surface area contributed by atoms with Crippen molar-refractivity contribution < 1.29 is 14.3 Å². The van der Waals surface area contributed by atoms with Crippen molar-refractivity contribution in [3.05, 3.63) is 23.8 Å². The molecule has 0 unspecified atom stereocenters. The van der Waals surface area contributed by atoms with E-state index in [1.165, 1.54) is 18.4 Å². The Morgan fingerprint density at radius 3 is 2.75 bits per heavy atom. The van der Waals surface area contributed by atoms with E-state index in [0.29, 0.717) is 42.3 Å². The molecule has 24 heavy (non-hydrogen) atoms. The topological polar surface area (TPSA) is 43.4 Å². The Morgan fingerprint density at radius 2 is 1.96 bits per heavy atom. The SMILES string of the molecule is C[C@]12CC[C@H]3[C@@H](C=CC4=CC(=O)CC[C@@H]43)[C@@H]1CC[C@@]21CCC(=O)O1.